The molecule has 0 bridgehead atoms. The molecular weight excluding hydrogens is 330 g/mol. The minimum atomic E-state index is -0.742. The number of nitrogens with zero attached hydrogens (tertiary/aromatic N) is 2. The fraction of sp³-hybridized carbons (Fsp3) is 0.438. The summed E-state index contributed by atoms with van der Waals surface area (Å²) in [5.74, 6) is 0.0270. The number of likely N-dealkylation sites (tertiary alicyclic amines) is 1. The molecule has 0 unspecified atom stereocenters. The first kappa shape index (κ1) is 16.7. The van der Waals surface area contributed by atoms with E-state index in [1.165, 1.54) is 16.8 Å². The molecule has 0 aromatic carbocycles. The summed E-state index contributed by atoms with van der Waals surface area (Å²) >= 11 is 1.55. The van der Waals surface area contributed by atoms with Crippen LogP contribution < -0.4 is 11.2 Å². The Morgan fingerprint density at radius 1 is 1.29 bits per heavy atom. The zero-order valence-electron chi connectivity index (χ0n) is 13.1. The topological polar surface area (TPSA) is 95.4 Å². The van der Waals surface area contributed by atoms with Crippen molar-refractivity contribution < 1.29 is 9.90 Å². The van der Waals surface area contributed by atoms with Crippen LogP contribution in [0.1, 0.15) is 23.8 Å². The van der Waals surface area contributed by atoms with Crippen LogP contribution in [-0.4, -0.2) is 44.7 Å². The summed E-state index contributed by atoms with van der Waals surface area (Å²) in [6, 6.07) is 4.66. The SMILES string of the molecule is O=C(Cc1cccs1)N1CC[C@H](O)[C@@H](n2ccc(=O)[nH]c2=O)CC1. The van der Waals surface area contributed by atoms with Crippen molar-refractivity contribution in [3.8, 4) is 0 Å². The molecule has 7 nitrogen and oxygen atoms in total. The highest BCUT2D eigenvalue weighted by molar-refractivity contribution is 7.10. The van der Waals surface area contributed by atoms with E-state index in [1.54, 1.807) is 16.2 Å². The van der Waals surface area contributed by atoms with E-state index in [-0.39, 0.29) is 5.91 Å². The maximum Gasteiger partial charge on any atom is 0.328 e. The third-order valence-electron chi connectivity index (χ3n) is 4.30. The van der Waals surface area contributed by atoms with Gasteiger partial charge in [-0.2, -0.15) is 0 Å². The van der Waals surface area contributed by atoms with E-state index < -0.39 is 23.4 Å². The predicted octanol–water partition coefficient (Wildman–Crippen LogP) is 0.365. The molecule has 1 fully saturated rings. The summed E-state index contributed by atoms with van der Waals surface area (Å²) in [5.41, 5.74) is -1.00. The smallest absolute Gasteiger partial charge is 0.328 e. The third kappa shape index (κ3) is 3.65. The maximum atomic E-state index is 12.4. The number of H-pyrrole nitrogens is 1. The van der Waals surface area contributed by atoms with Gasteiger partial charge in [-0.15, -0.1) is 11.3 Å². The van der Waals surface area contributed by atoms with Crippen molar-refractivity contribution in [2.24, 2.45) is 0 Å². The van der Waals surface area contributed by atoms with E-state index in [1.807, 2.05) is 17.5 Å². The lowest BCUT2D eigenvalue weighted by Gasteiger charge is -2.22. The van der Waals surface area contributed by atoms with Crippen LogP contribution in [0.5, 0.6) is 0 Å². The highest BCUT2D eigenvalue weighted by Gasteiger charge is 2.28. The van der Waals surface area contributed by atoms with Gasteiger partial charge in [-0.25, -0.2) is 4.79 Å². The van der Waals surface area contributed by atoms with Crippen molar-refractivity contribution >= 4 is 17.2 Å². The van der Waals surface area contributed by atoms with Crippen molar-refractivity contribution in [3.63, 3.8) is 0 Å². The Hall–Kier alpha value is -2.19. The molecule has 0 radical (unpaired) electrons. The molecule has 3 rings (SSSR count). The van der Waals surface area contributed by atoms with Crippen LogP contribution in [0.4, 0.5) is 0 Å². The van der Waals surface area contributed by atoms with Gasteiger partial charge in [0.15, 0.2) is 0 Å². The van der Waals surface area contributed by atoms with Gasteiger partial charge >= 0.3 is 5.69 Å². The molecule has 0 spiro atoms. The molecule has 2 atom stereocenters. The first-order chi connectivity index (χ1) is 11.5. The van der Waals surface area contributed by atoms with Crippen molar-refractivity contribution in [2.45, 2.75) is 31.4 Å². The number of hydrogen-bond donors (Lipinski definition) is 2. The molecule has 0 saturated carbocycles. The Bertz CT molecular complexity index is 811. The summed E-state index contributed by atoms with van der Waals surface area (Å²) in [6.45, 7) is 0.928. The normalized spacial score (nSPS) is 21.5. The van der Waals surface area contributed by atoms with Gasteiger partial charge in [0.2, 0.25) is 5.91 Å². The molecule has 0 aliphatic carbocycles. The molecule has 8 heteroatoms. The van der Waals surface area contributed by atoms with Crippen LogP contribution in [0.2, 0.25) is 0 Å². The van der Waals surface area contributed by atoms with E-state index in [9.17, 15) is 19.5 Å². The Kier molecular flexibility index (Phi) is 4.96. The first-order valence-corrected chi connectivity index (χ1v) is 8.72. The Labute approximate surface area is 142 Å². The van der Waals surface area contributed by atoms with Gasteiger partial charge in [0.05, 0.1) is 18.6 Å². The molecular formula is C16H19N3O4S. The Morgan fingerprint density at radius 2 is 2.08 bits per heavy atom. The summed E-state index contributed by atoms with van der Waals surface area (Å²) in [7, 11) is 0. The van der Waals surface area contributed by atoms with Crippen LogP contribution in [0.15, 0.2) is 39.4 Å². The zero-order chi connectivity index (χ0) is 17.1. The quantitative estimate of drug-likeness (QED) is 0.837. The number of aliphatic hydroxyl groups excluding tert-OH is 1. The molecule has 3 heterocycles. The molecule has 1 saturated heterocycles. The standard InChI is InChI=1S/C16H19N3O4S/c20-13-4-7-18(15(22)10-11-2-1-9-24-11)6-3-12(13)19-8-5-14(21)17-16(19)23/h1-2,5,8-9,12-13,20H,3-4,6-7,10H2,(H,17,21,23)/t12-,13-/m0/s1. The summed E-state index contributed by atoms with van der Waals surface area (Å²) < 4.78 is 1.35. The number of aromatic nitrogens is 2. The van der Waals surface area contributed by atoms with E-state index in [0.717, 1.165) is 4.88 Å². The monoisotopic (exact) mass is 349 g/mol. The number of carbonyl (C=O) groups excluding carboxylic acids is 1. The lowest BCUT2D eigenvalue weighted by atomic mass is 10.1. The fourth-order valence-corrected chi connectivity index (χ4v) is 3.71. The average Bonchev–Trinajstić information content (AvgIpc) is 2.97. The lowest BCUT2D eigenvalue weighted by molar-refractivity contribution is -0.130. The number of aliphatic hydroxyl groups is 1. The molecule has 128 valence electrons. The minimum absolute atomic E-state index is 0.0270. The van der Waals surface area contributed by atoms with Crippen molar-refractivity contribution in [2.75, 3.05) is 13.1 Å². The molecule has 2 N–H and O–H groups in total. The van der Waals surface area contributed by atoms with Crippen molar-refractivity contribution in [1.82, 2.24) is 14.5 Å². The maximum absolute atomic E-state index is 12.4. The van der Waals surface area contributed by atoms with Gasteiger partial charge in [-0.1, -0.05) is 6.07 Å². The van der Waals surface area contributed by atoms with Gasteiger partial charge in [0.1, 0.15) is 0 Å². The molecule has 2 aromatic rings. The van der Waals surface area contributed by atoms with Gasteiger partial charge < -0.3 is 10.0 Å². The van der Waals surface area contributed by atoms with Crippen LogP contribution in [0, 0.1) is 0 Å². The van der Waals surface area contributed by atoms with Gasteiger partial charge in [0.25, 0.3) is 5.56 Å². The van der Waals surface area contributed by atoms with Gasteiger partial charge in [0, 0.05) is 30.2 Å². The summed E-state index contributed by atoms with van der Waals surface area (Å²) in [5, 5.41) is 12.3. The van der Waals surface area contributed by atoms with Crippen LogP contribution in [0.25, 0.3) is 0 Å². The second kappa shape index (κ2) is 7.14. The number of rotatable bonds is 3. The average molecular weight is 349 g/mol. The zero-order valence-corrected chi connectivity index (χ0v) is 13.9. The molecule has 1 amide bonds. The number of amides is 1. The number of carbonyl (C=O) groups is 1. The predicted molar refractivity (Wildman–Crippen MR) is 90.2 cm³/mol. The number of hydrogen-bond acceptors (Lipinski definition) is 5. The van der Waals surface area contributed by atoms with E-state index >= 15 is 0 Å². The van der Waals surface area contributed by atoms with Crippen LogP contribution in [-0.2, 0) is 11.2 Å². The van der Waals surface area contributed by atoms with Gasteiger partial charge in [-0.3, -0.25) is 19.1 Å². The fourth-order valence-electron chi connectivity index (χ4n) is 3.01. The summed E-state index contributed by atoms with van der Waals surface area (Å²) in [4.78, 5) is 40.5. The summed E-state index contributed by atoms with van der Waals surface area (Å²) in [6.07, 6.45) is 1.87. The molecule has 2 aromatic heterocycles. The van der Waals surface area contributed by atoms with Crippen LogP contribution in [0.3, 0.4) is 0 Å². The van der Waals surface area contributed by atoms with E-state index in [2.05, 4.69) is 4.98 Å². The third-order valence-corrected chi connectivity index (χ3v) is 5.18. The highest BCUT2D eigenvalue weighted by atomic mass is 32.1. The van der Waals surface area contributed by atoms with E-state index in [0.29, 0.717) is 32.4 Å². The molecule has 1 aliphatic rings. The second-order valence-electron chi connectivity index (χ2n) is 5.87. The second-order valence-corrected chi connectivity index (χ2v) is 6.90. The lowest BCUT2D eigenvalue weighted by Crippen LogP contribution is -2.36. The van der Waals surface area contributed by atoms with Crippen LogP contribution >= 0.6 is 11.3 Å². The Morgan fingerprint density at radius 3 is 2.79 bits per heavy atom. The number of aromatic amines is 1. The number of thiophene rings is 1. The molecule has 24 heavy (non-hydrogen) atoms. The largest absolute Gasteiger partial charge is 0.391 e. The molecule has 1 aliphatic heterocycles. The number of nitrogens with one attached hydrogen (secondary N) is 1. The van der Waals surface area contributed by atoms with Crippen molar-refractivity contribution in [3.05, 3.63) is 55.5 Å². The van der Waals surface area contributed by atoms with E-state index in [4.69, 9.17) is 0 Å². The minimum Gasteiger partial charge on any atom is -0.391 e. The highest BCUT2D eigenvalue weighted by Crippen LogP contribution is 2.22. The Balaban J connectivity index is 1.72. The van der Waals surface area contributed by atoms with Gasteiger partial charge in [-0.05, 0) is 24.3 Å². The van der Waals surface area contributed by atoms with Crippen molar-refractivity contribution in [1.29, 1.82) is 0 Å². The first-order valence-electron chi connectivity index (χ1n) is 7.84.